The fraction of sp³-hybridized carbons (Fsp3) is 0.250. The van der Waals surface area contributed by atoms with Crippen molar-refractivity contribution in [3.8, 4) is 5.75 Å². The number of hydrogen-bond acceptors (Lipinski definition) is 7. The van der Waals surface area contributed by atoms with Crippen molar-refractivity contribution in [2.24, 2.45) is 4.99 Å². The highest BCUT2D eigenvalue weighted by molar-refractivity contribution is 6.31. The highest BCUT2D eigenvalue weighted by atomic mass is 35.5. The first kappa shape index (κ1) is 23.5. The Morgan fingerprint density at radius 3 is 2.43 bits per heavy atom. The van der Waals surface area contributed by atoms with Gasteiger partial charge in [0.25, 0.3) is 5.62 Å². The Labute approximate surface area is 220 Å². The summed E-state index contributed by atoms with van der Waals surface area (Å²) in [6, 6.07) is 25.6. The fourth-order valence-electron chi connectivity index (χ4n) is 4.68. The molecule has 9 heteroatoms. The quantitative estimate of drug-likeness (QED) is 0.368. The molecule has 2 aliphatic rings. The van der Waals surface area contributed by atoms with Gasteiger partial charge in [-0.1, -0.05) is 60.1 Å². The Bertz CT molecular complexity index is 1430. The van der Waals surface area contributed by atoms with Crippen LogP contribution in [0.4, 0.5) is 17.6 Å². The van der Waals surface area contributed by atoms with Gasteiger partial charge in [-0.25, -0.2) is 10.4 Å². The second-order valence-corrected chi connectivity index (χ2v) is 9.54. The van der Waals surface area contributed by atoms with Crippen LogP contribution in [-0.4, -0.2) is 27.6 Å². The normalized spacial score (nSPS) is 17.4. The average molecular weight is 514 g/mol. The summed E-state index contributed by atoms with van der Waals surface area (Å²) in [5.41, 5.74) is 9.92. The van der Waals surface area contributed by atoms with Crippen molar-refractivity contribution >= 4 is 29.2 Å². The summed E-state index contributed by atoms with van der Waals surface area (Å²) in [5, 5.41) is 0.706. The van der Waals surface area contributed by atoms with Crippen LogP contribution in [-0.2, 0) is 6.61 Å². The molecular formula is C28H28ClN7O. The number of aromatic nitrogens is 3. The molecule has 2 aliphatic heterocycles. The number of halogens is 1. The highest BCUT2D eigenvalue weighted by Gasteiger charge is 2.29. The maximum absolute atomic E-state index is 6.26. The molecule has 0 radical (unpaired) electrons. The van der Waals surface area contributed by atoms with E-state index in [1.807, 2.05) is 66.7 Å². The zero-order chi connectivity index (χ0) is 25.0. The number of para-hydroxylation sites is 1. The zero-order valence-corrected chi connectivity index (χ0v) is 21.1. The number of hydrazine groups is 1. The van der Waals surface area contributed by atoms with Gasteiger partial charge in [0.05, 0.1) is 5.69 Å². The third-order valence-corrected chi connectivity index (χ3v) is 6.97. The van der Waals surface area contributed by atoms with Crippen LogP contribution in [0, 0.1) is 0 Å². The lowest BCUT2D eigenvalue weighted by Gasteiger charge is -2.30. The van der Waals surface area contributed by atoms with Gasteiger partial charge in [0.1, 0.15) is 18.5 Å². The van der Waals surface area contributed by atoms with Crippen LogP contribution in [0.15, 0.2) is 83.9 Å². The maximum atomic E-state index is 6.26. The van der Waals surface area contributed by atoms with Gasteiger partial charge in [-0.15, -0.1) is 0 Å². The monoisotopic (exact) mass is 513 g/mol. The van der Waals surface area contributed by atoms with E-state index in [9.17, 15) is 0 Å². The van der Waals surface area contributed by atoms with Crippen LogP contribution in [0.25, 0.3) is 0 Å². The topological polar surface area (TPSA) is 79.6 Å². The van der Waals surface area contributed by atoms with E-state index in [-0.39, 0.29) is 6.17 Å². The molecule has 2 N–H and O–H groups in total. The van der Waals surface area contributed by atoms with E-state index in [1.54, 1.807) is 0 Å². The lowest BCUT2D eigenvalue weighted by Crippen LogP contribution is -2.36. The van der Waals surface area contributed by atoms with Gasteiger partial charge in [-0.2, -0.15) is 9.97 Å². The van der Waals surface area contributed by atoms with Gasteiger partial charge in [0.2, 0.25) is 11.9 Å². The number of ether oxygens (including phenoxy) is 1. The van der Waals surface area contributed by atoms with E-state index in [1.165, 1.54) is 6.42 Å². The van der Waals surface area contributed by atoms with Crippen molar-refractivity contribution in [3.05, 3.63) is 101 Å². The lowest BCUT2D eigenvalue weighted by atomic mass is 10.1. The molecule has 37 heavy (non-hydrogen) atoms. The Morgan fingerprint density at radius 2 is 1.65 bits per heavy atom. The zero-order valence-electron chi connectivity index (χ0n) is 20.3. The van der Waals surface area contributed by atoms with Crippen molar-refractivity contribution in [2.75, 3.05) is 23.4 Å². The molecule has 188 valence electrons. The van der Waals surface area contributed by atoms with Crippen molar-refractivity contribution in [1.29, 1.82) is 0 Å². The van der Waals surface area contributed by atoms with Crippen LogP contribution in [0.5, 0.6) is 5.75 Å². The summed E-state index contributed by atoms with van der Waals surface area (Å²) >= 11 is 6.26. The summed E-state index contributed by atoms with van der Waals surface area (Å²) in [7, 11) is 0. The van der Waals surface area contributed by atoms with Gasteiger partial charge in [0.15, 0.2) is 0 Å². The molecule has 6 rings (SSSR count). The number of piperidine rings is 1. The van der Waals surface area contributed by atoms with E-state index in [4.69, 9.17) is 26.3 Å². The van der Waals surface area contributed by atoms with Crippen LogP contribution < -0.4 is 26.1 Å². The molecule has 0 bridgehead atoms. The predicted octanol–water partition coefficient (Wildman–Crippen LogP) is 5.21. The number of benzene rings is 3. The van der Waals surface area contributed by atoms with Crippen LogP contribution in [0.3, 0.4) is 0 Å². The number of rotatable bonds is 6. The summed E-state index contributed by atoms with van der Waals surface area (Å²) in [5.74, 6) is 2.33. The number of fused-ring (bicyclic) bond motifs is 1. The number of nitrogens with zero attached hydrogens (tertiary/aromatic N) is 5. The van der Waals surface area contributed by atoms with E-state index >= 15 is 0 Å². The average Bonchev–Trinajstić information content (AvgIpc) is 3.37. The molecule has 1 atom stereocenters. The molecular weight excluding hydrogens is 486 g/mol. The molecule has 1 aromatic heterocycles. The van der Waals surface area contributed by atoms with Crippen molar-refractivity contribution in [3.63, 3.8) is 0 Å². The summed E-state index contributed by atoms with van der Waals surface area (Å²) in [6.07, 6.45) is 3.36. The largest absolute Gasteiger partial charge is 0.489 e. The minimum Gasteiger partial charge on any atom is -0.489 e. The third kappa shape index (κ3) is 5.16. The summed E-state index contributed by atoms with van der Waals surface area (Å²) in [6.45, 7) is 2.34. The van der Waals surface area contributed by atoms with E-state index in [0.717, 1.165) is 54.4 Å². The van der Waals surface area contributed by atoms with Gasteiger partial charge in [-0.05, 0) is 55.2 Å². The van der Waals surface area contributed by atoms with Crippen molar-refractivity contribution < 1.29 is 4.74 Å². The molecule has 0 spiro atoms. The van der Waals surface area contributed by atoms with Crippen molar-refractivity contribution in [1.82, 2.24) is 20.0 Å². The minimum absolute atomic E-state index is 0.171. The van der Waals surface area contributed by atoms with Crippen molar-refractivity contribution in [2.45, 2.75) is 32.0 Å². The van der Waals surface area contributed by atoms with Gasteiger partial charge < -0.3 is 9.64 Å². The summed E-state index contributed by atoms with van der Waals surface area (Å²) < 4.78 is 8.10. The minimum atomic E-state index is -0.171. The second kappa shape index (κ2) is 10.6. The molecule has 0 saturated carbocycles. The maximum Gasteiger partial charge on any atom is 0.256 e. The number of hydrogen-bond donors (Lipinski definition) is 2. The molecule has 4 aromatic rings. The molecule has 3 heterocycles. The second-order valence-electron chi connectivity index (χ2n) is 9.13. The highest BCUT2D eigenvalue weighted by Crippen LogP contribution is 2.31. The van der Waals surface area contributed by atoms with Gasteiger partial charge >= 0.3 is 0 Å². The SMILES string of the molecule is Clc1ccccc1COc1ccc([C@H]2NNc3nc(=Nc4ccccc4)nc(N4CCCCC4)n32)cc1. The van der Waals surface area contributed by atoms with Crippen LogP contribution in [0.1, 0.15) is 36.6 Å². The Balaban J connectivity index is 1.30. The van der Waals surface area contributed by atoms with Gasteiger partial charge in [-0.3, -0.25) is 9.99 Å². The third-order valence-electron chi connectivity index (χ3n) is 6.60. The van der Waals surface area contributed by atoms with Gasteiger partial charge in [0, 0.05) is 23.7 Å². The van der Waals surface area contributed by atoms with E-state index in [0.29, 0.717) is 23.2 Å². The first-order chi connectivity index (χ1) is 18.2. The molecule has 0 aliphatic carbocycles. The van der Waals surface area contributed by atoms with Crippen LogP contribution >= 0.6 is 11.6 Å². The number of anilines is 2. The molecule has 1 saturated heterocycles. The molecule has 3 aromatic carbocycles. The predicted molar refractivity (Wildman–Crippen MR) is 145 cm³/mol. The smallest absolute Gasteiger partial charge is 0.256 e. The van der Waals surface area contributed by atoms with E-state index in [2.05, 4.69) is 37.4 Å². The lowest BCUT2D eigenvalue weighted by molar-refractivity contribution is 0.306. The van der Waals surface area contributed by atoms with Crippen LogP contribution in [0.2, 0.25) is 5.02 Å². The Kier molecular flexibility index (Phi) is 6.75. The standard InChI is InChI=1S/C28H28ClN7O/c29-24-12-6-5-9-21(24)19-37-23-15-13-20(14-16-23)25-33-34-27-31-26(30-22-10-3-1-4-11-22)32-28(36(25)27)35-17-7-2-8-18-35/h1,3-6,9-16,25,33H,2,7-8,17-19H2,(H,30,31,34)/t25-/m0/s1. The molecule has 1 fully saturated rings. The molecule has 8 nitrogen and oxygen atoms in total. The van der Waals surface area contributed by atoms with E-state index < -0.39 is 0 Å². The molecule has 0 unspecified atom stereocenters. The summed E-state index contributed by atoms with van der Waals surface area (Å²) in [4.78, 5) is 16.7. The first-order valence-electron chi connectivity index (χ1n) is 12.6. The fourth-order valence-corrected chi connectivity index (χ4v) is 4.87. The molecule has 0 amide bonds. The first-order valence-corrected chi connectivity index (χ1v) is 13.0. The number of nitrogens with one attached hydrogen (secondary N) is 2. The Hall–Kier alpha value is -3.88. The Morgan fingerprint density at radius 1 is 0.892 bits per heavy atom.